The maximum absolute atomic E-state index is 12.0. The molecule has 0 aliphatic heterocycles. The van der Waals surface area contributed by atoms with Gasteiger partial charge in [-0.15, -0.1) is 0 Å². The van der Waals surface area contributed by atoms with E-state index in [9.17, 15) is 9.59 Å². The standard InChI is InChI=1S/C17H20N4O2/c1-19(12-13-6-4-3-5-7-13)14-8-10-15(11-9-14)21-17(23)20(2)16(22)18-21/h3-11,14-15H,12H2,1-2H3,(H,18,22). The Morgan fingerprint density at radius 3 is 2.30 bits per heavy atom. The van der Waals surface area contributed by atoms with E-state index < -0.39 is 5.69 Å². The first kappa shape index (κ1) is 15.3. The number of likely N-dealkylation sites (N-methyl/N-ethyl adjacent to an activating group) is 1. The Labute approximate surface area is 134 Å². The van der Waals surface area contributed by atoms with Crippen LogP contribution in [0.1, 0.15) is 11.6 Å². The lowest BCUT2D eigenvalue weighted by Crippen LogP contribution is -2.31. The van der Waals surface area contributed by atoms with E-state index in [0.717, 1.165) is 11.1 Å². The third-order valence-corrected chi connectivity index (χ3v) is 4.11. The zero-order chi connectivity index (χ0) is 16.4. The summed E-state index contributed by atoms with van der Waals surface area (Å²) in [5.41, 5.74) is 0.507. The molecule has 1 aromatic carbocycles. The summed E-state index contributed by atoms with van der Waals surface area (Å²) in [6, 6.07) is 10.2. The molecule has 1 N–H and O–H groups in total. The summed E-state index contributed by atoms with van der Waals surface area (Å²) in [6.07, 6.45) is 7.96. The fraction of sp³-hybridized carbons (Fsp3) is 0.294. The van der Waals surface area contributed by atoms with Crippen molar-refractivity contribution in [3.63, 3.8) is 0 Å². The van der Waals surface area contributed by atoms with Crippen molar-refractivity contribution in [2.75, 3.05) is 7.05 Å². The predicted octanol–water partition coefficient (Wildman–Crippen LogP) is 1.04. The number of hydrogen-bond acceptors (Lipinski definition) is 3. The number of nitrogens with zero attached hydrogens (tertiary/aromatic N) is 3. The van der Waals surface area contributed by atoms with Gasteiger partial charge in [0.15, 0.2) is 0 Å². The van der Waals surface area contributed by atoms with Crippen LogP contribution in [0, 0.1) is 0 Å². The van der Waals surface area contributed by atoms with E-state index in [1.54, 1.807) is 0 Å². The molecule has 1 aliphatic carbocycles. The van der Waals surface area contributed by atoms with Crippen LogP contribution in [-0.4, -0.2) is 32.3 Å². The van der Waals surface area contributed by atoms with Crippen LogP contribution in [0.3, 0.4) is 0 Å². The molecule has 120 valence electrons. The van der Waals surface area contributed by atoms with Crippen LogP contribution in [0.15, 0.2) is 64.2 Å². The lowest BCUT2D eigenvalue weighted by molar-refractivity contribution is 0.307. The highest BCUT2D eigenvalue weighted by molar-refractivity contribution is 5.20. The zero-order valence-electron chi connectivity index (χ0n) is 13.2. The third-order valence-electron chi connectivity index (χ3n) is 4.11. The molecule has 0 unspecified atom stereocenters. The van der Waals surface area contributed by atoms with Gasteiger partial charge in [-0.1, -0.05) is 54.6 Å². The van der Waals surface area contributed by atoms with Crippen LogP contribution in [0.25, 0.3) is 0 Å². The Balaban J connectivity index is 1.71. The van der Waals surface area contributed by atoms with E-state index in [4.69, 9.17) is 0 Å². The molecular weight excluding hydrogens is 292 g/mol. The van der Waals surface area contributed by atoms with E-state index in [1.165, 1.54) is 17.3 Å². The van der Waals surface area contributed by atoms with Crippen molar-refractivity contribution in [3.8, 4) is 0 Å². The number of H-pyrrole nitrogens is 1. The molecule has 0 spiro atoms. The summed E-state index contributed by atoms with van der Waals surface area (Å²) >= 11 is 0. The number of hydrogen-bond donors (Lipinski definition) is 1. The first-order valence-corrected chi connectivity index (χ1v) is 7.54. The Morgan fingerprint density at radius 2 is 1.74 bits per heavy atom. The lowest BCUT2D eigenvalue weighted by atomic mass is 10.1. The largest absolute Gasteiger partial charge is 0.347 e. The summed E-state index contributed by atoms with van der Waals surface area (Å²) < 4.78 is 2.40. The summed E-state index contributed by atoms with van der Waals surface area (Å²) in [4.78, 5) is 25.7. The molecule has 6 nitrogen and oxygen atoms in total. The van der Waals surface area contributed by atoms with Crippen molar-refractivity contribution < 1.29 is 0 Å². The normalized spacial score (nSPS) is 20.3. The average molecular weight is 312 g/mol. The summed E-state index contributed by atoms with van der Waals surface area (Å²) in [5, 5.41) is 2.56. The summed E-state index contributed by atoms with van der Waals surface area (Å²) in [5.74, 6) is 0. The molecule has 1 aliphatic rings. The Hall–Kier alpha value is -2.60. The molecule has 0 saturated carbocycles. The van der Waals surface area contributed by atoms with Gasteiger partial charge in [-0.3, -0.25) is 4.90 Å². The third kappa shape index (κ3) is 3.12. The van der Waals surface area contributed by atoms with Gasteiger partial charge in [-0.05, 0) is 12.6 Å². The number of aromatic nitrogens is 3. The predicted molar refractivity (Wildman–Crippen MR) is 89.3 cm³/mol. The van der Waals surface area contributed by atoms with Gasteiger partial charge in [0.1, 0.15) is 0 Å². The maximum Gasteiger partial charge on any atom is 0.347 e. The van der Waals surface area contributed by atoms with Crippen molar-refractivity contribution in [2.24, 2.45) is 7.05 Å². The first-order chi connectivity index (χ1) is 11.1. The molecule has 0 amide bonds. The Morgan fingerprint density at radius 1 is 1.09 bits per heavy atom. The number of aromatic amines is 1. The Bertz CT molecular complexity index is 827. The summed E-state index contributed by atoms with van der Waals surface area (Å²) in [7, 11) is 3.52. The van der Waals surface area contributed by atoms with Gasteiger partial charge in [0.2, 0.25) is 0 Å². The van der Waals surface area contributed by atoms with Gasteiger partial charge >= 0.3 is 11.4 Å². The van der Waals surface area contributed by atoms with Gasteiger partial charge in [0, 0.05) is 19.6 Å². The van der Waals surface area contributed by atoms with Gasteiger partial charge < -0.3 is 0 Å². The molecule has 0 radical (unpaired) electrons. The quantitative estimate of drug-likeness (QED) is 0.858. The molecule has 3 rings (SSSR count). The molecular formula is C17H20N4O2. The summed E-state index contributed by atoms with van der Waals surface area (Å²) in [6.45, 7) is 0.840. The van der Waals surface area contributed by atoms with Crippen molar-refractivity contribution in [2.45, 2.75) is 18.6 Å². The minimum absolute atomic E-state index is 0.164. The van der Waals surface area contributed by atoms with Crippen LogP contribution >= 0.6 is 0 Å². The molecule has 0 saturated heterocycles. The monoisotopic (exact) mass is 312 g/mol. The van der Waals surface area contributed by atoms with E-state index >= 15 is 0 Å². The molecule has 23 heavy (non-hydrogen) atoms. The molecule has 0 fully saturated rings. The van der Waals surface area contributed by atoms with Gasteiger partial charge in [0.25, 0.3) is 0 Å². The fourth-order valence-corrected chi connectivity index (χ4v) is 2.70. The van der Waals surface area contributed by atoms with Crippen LogP contribution in [0.4, 0.5) is 0 Å². The van der Waals surface area contributed by atoms with Gasteiger partial charge in [-0.2, -0.15) is 0 Å². The fourth-order valence-electron chi connectivity index (χ4n) is 2.70. The van der Waals surface area contributed by atoms with Crippen LogP contribution in [-0.2, 0) is 13.6 Å². The molecule has 6 heteroatoms. The van der Waals surface area contributed by atoms with Crippen molar-refractivity contribution in [1.82, 2.24) is 19.2 Å². The SMILES string of the molecule is CN(Cc1ccccc1)C1C=CC(n2[nH]c(=O)n(C)c2=O)C=C1. The Kier molecular flexibility index (Phi) is 4.16. The maximum atomic E-state index is 12.0. The van der Waals surface area contributed by atoms with Crippen molar-refractivity contribution in [3.05, 3.63) is 81.2 Å². The van der Waals surface area contributed by atoms with Crippen LogP contribution < -0.4 is 11.4 Å². The second kappa shape index (κ2) is 6.26. The molecule has 1 aromatic heterocycles. The first-order valence-electron chi connectivity index (χ1n) is 7.54. The molecule has 2 aromatic rings. The van der Waals surface area contributed by atoms with Crippen LogP contribution in [0.5, 0.6) is 0 Å². The van der Waals surface area contributed by atoms with E-state index in [-0.39, 0.29) is 17.8 Å². The minimum Gasteiger partial charge on any atom is -0.292 e. The highest BCUT2D eigenvalue weighted by Gasteiger charge is 2.17. The number of allylic oxidation sites excluding steroid dienone is 2. The van der Waals surface area contributed by atoms with E-state index in [0.29, 0.717) is 0 Å². The van der Waals surface area contributed by atoms with E-state index in [1.807, 2.05) is 42.5 Å². The second-order valence-electron chi connectivity index (χ2n) is 5.78. The topological polar surface area (TPSA) is 63.0 Å². The van der Waals surface area contributed by atoms with Crippen molar-refractivity contribution >= 4 is 0 Å². The van der Waals surface area contributed by atoms with E-state index in [2.05, 4.69) is 29.2 Å². The van der Waals surface area contributed by atoms with Crippen LogP contribution in [0.2, 0.25) is 0 Å². The average Bonchev–Trinajstić information content (AvgIpc) is 2.83. The molecule has 0 bridgehead atoms. The zero-order valence-corrected chi connectivity index (χ0v) is 13.2. The molecule has 0 atom stereocenters. The highest BCUT2D eigenvalue weighted by Crippen LogP contribution is 2.17. The number of rotatable bonds is 4. The molecule has 1 heterocycles. The minimum atomic E-state index is -0.403. The van der Waals surface area contributed by atoms with Crippen molar-refractivity contribution in [1.29, 1.82) is 0 Å². The smallest absolute Gasteiger partial charge is 0.292 e. The van der Waals surface area contributed by atoms with Gasteiger partial charge in [0.05, 0.1) is 6.04 Å². The lowest BCUT2D eigenvalue weighted by Gasteiger charge is -2.26. The number of nitrogens with one attached hydrogen (secondary N) is 1. The number of benzene rings is 1. The van der Waals surface area contributed by atoms with Gasteiger partial charge in [-0.25, -0.2) is 23.9 Å². The highest BCUT2D eigenvalue weighted by atomic mass is 16.2. The second-order valence-corrected chi connectivity index (χ2v) is 5.78.